The molecule has 1 unspecified atom stereocenters. The van der Waals surface area contributed by atoms with E-state index >= 15 is 0 Å². The number of carbonyl (C=O) groups excluding carboxylic acids is 1. The Morgan fingerprint density at radius 3 is 2.70 bits per heavy atom. The summed E-state index contributed by atoms with van der Waals surface area (Å²) in [6, 6.07) is 10.7. The maximum Gasteiger partial charge on any atom is 0.225 e. The number of aromatic nitrogens is 2. The van der Waals surface area contributed by atoms with Crippen molar-refractivity contribution in [3.05, 3.63) is 42.2 Å². The molecule has 4 heteroatoms. The fourth-order valence-electron chi connectivity index (χ4n) is 3.66. The van der Waals surface area contributed by atoms with Gasteiger partial charge in [0.05, 0.1) is 6.04 Å². The summed E-state index contributed by atoms with van der Waals surface area (Å²) in [6.45, 7) is 3.85. The standard InChI is InChI=1S/C19H23N3O/c1-14-12-20-18(15-6-3-2-4-7-15)22(14)17-8-5-11-21(13-17)19(23)16-9-10-16/h2-4,6-7,12,16-17H,5,8-11,13H2,1H3. The molecular formula is C19H23N3O. The van der Waals surface area contributed by atoms with Gasteiger partial charge in [-0.15, -0.1) is 0 Å². The topological polar surface area (TPSA) is 38.1 Å². The van der Waals surface area contributed by atoms with Crippen LogP contribution in [0.4, 0.5) is 0 Å². The lowest BCUT2D eigenvalue weighted by Crippen LogP contribution is -2.41. The van der Waals surface area contributed by atoms with Crippen LogP contribution in [0.25, 0.3) is 11.4 Å². The summed E-state index contributed by atoms with van der Waals surface area (Å²) in [6.07, 6.45) is 6.31. The molecule has 1 aliphatic heterocycles. The van der Waals surface area contributed by atoms with Crippen molar-refractivity contribution in [3.63, 3.8) is 0 Å². The summed E-state index contributed by atoms with van der Waals surface area (Å²) < 4.78 is 2.33. The van der Waals surface area contributed by atoms with E-state index in [2.05, 4.69) is 33.5 Å². The third-order valence-corrected chi connectivity index (χ3v) is 5.01. The average molecular weight is 309 g/mol. The molecule has 1 saturated carbocycles. The van der Waals surface area contributed by atoms with Crippen LogP contribution in [0.15, 0.2) is 36.5 Å². The number of benzene rings is 1. The van der Waals surface area contributed by atoms with E-state index in [0.29, 0.717) is 17.9 Å². The molecule has 0 radical (unpaired) electrons. The van der Waals surface area contributed by atoms with E-state index in [4.69, 9.17) is 0 Å². The van der Waals surface area contributed by atoms with Gasteiger partial charge >= 0.3 is 0 Å². The molecule has 23 heavy (non-hydrogen) atoms. The second-order valence-corrected chi connectivity index (χ2v) is 6.81. The molecule has 4 nitrogen and oxygen atoms in total. The largest absolute Gasteiger partial charge is 0.340 e. The average Bonchev–Trinajstić information content (AvgIpc) is 3.37. The van der Waals surface area contributed by atoms with E-state index in [1.54, 1.807) is 0 Å². The third-order valence-electron chi connectivity index (χ3n) is 5.01. The lowest BCUT2D eigenvalue weighted by molar-refractivity contribution is -0.134. The molecule has 2 aliphatic rings. The zero-order valence-corrected chi connectivity index (χ0v) is 13.6. The lowest BCUT2D eigenvalue weighted by Gasteiger charge is -2.35. The molecule has 1 atom stereocenters. The van der Waals surface area contributed by atoms with Crippen molar-refractivity contribution in [2.75, 3.05) is 13.1 Å². The summed E-state index contributed by atoms with van der Waals surface area (Å²) in [5, 5.41) is 0. The number of imidazole rings is 1. The van der Waals surface area contributed by atoms with E-state index < -0.39 is 0 Å². The smallest absolute Gasteiger partial charge is 0.225 e. The van der Waals surface area contributed by atoms with Crippen LogP contribution >= 0.6 is 0 Å². The summed E-state index contributed by atoms with van der Waals surface area (Å²) in [5.41, 5.74) is 2.32. The van der Waals surface area contributed by atoms with Crippen LogP contribution in [0.5, 0.6) is 0 Å². The van der Waals surface area contributed by atoms with Crippen molar-refractivity contribution in [1.29, 1.82) is 0 Å². The van der Waals surface area contributed by atoms with Crippen LogP contribution in [-0.4, -0.2) is 33.4 Å². The molecule has 1 amide bonds. The fraction of sp³-hybridized carbons (Fsp3) is 0.474. The van der Waals surface area contributed by atoms with Gasteiger partial charge in [-0.3, -0.25) is 4.79 Å². The van der Waals surface area contributed by atoms with Crippen molar-refractivity contribution in [1.82, 2.24) is 14.5 Å². The molecule has 2 aromatic rings. The number of rotatable bonds is 3. The van der Waals surface area contributed by atoms with Crippen molar-refractivity contribution in [2.45, 2.75) is 38.6 Å². The van der Waals surface area contributed by atoms with Gasteiger partial charge < -0.3 is 9.47 Å². The van der Waals surface area contributed by atoms with Crippen molar-refractivity contribution in [3.8, 4) is 11.4 Å². The zero-order chi connectivity index (χ0) is 15.8. The van der Waals surface area contributed by atoms with Crippen molar-refractivity contribution < 1.29 is 4.79 Å². The van der Waals surface area contributed by atoms with Gasteiger partial charge in [0, 0.05) is 36.5 Å². The van der Waals surface area contributed by atoms with Crippen LogP contribution in [0.1, 0.15) is 37.4 Å². The number of hydrogen-bond donors (Lipinski definition) is 0. The Bertz CT molecular complexity index is 703. The summed E-state index contributed by atoms with van der Waals surface area (Å²) in [7, 11) is 0. The number of hydrogen-bond acceptors (Lipinski definition) is 2. The Morgan fingerprint density at radius 1 is 1.17 bits per heavy atom. The van der Waals surface area contributed by atoms with Gasteiger partial charge in [0.15, 0.2) is 0 Å². The number of nitrogens with zero attached hydrogens (tertiary/aromatic N) is 3. The molecule has 1 aliphatic carbocycles. The maximum atomic E-state index is 12.4. The number of amides is 1. The Balaban J connectivity index is 1.62. The van der Waals surface area contributed by atoms with Gasteiger partial charge in [0.25, 0.3) is 0 Å². The molecule has 1 aromatic carbocycles. The maximum absolute atomic E-state index is 12.4. The van der Waals surface area contributed by atoms with Crippen molar-refractivity contribution >= 4 is 5.91 Å². The first-order valence-electron chi connectivity index (χ1n) is 8.62. The fourth-order valence-corrected chi connectivity index (χ4v) is 3.66. The number of piperidine rings is 1. The quantitative estimate of drug-likeness (QED) is 0.871. The van der Waals surface area contributed by atoms with E-state index in [1.165, 1.54) is 5.69 Å². The first-order valence-corrected chi connectivity index (χ1v) is 8.62. The van der Waals surface area contributed by atoms with Crippen LogP contribution in [-0.2, 0) is 4.79 Å². The lowest BCUT2D eigenvalue weighted by atomic mass is 10.0. The second-order valence-electron chi connectivity index (χ2n) is 6.81. The van der Waals surface area contributed by atoms with E-state index in [-0.39, 0.29) is 0 Å². The molecule has 4 rings (SSSR count). The second kappa shape index (κ2) is 5.84. The minimum atomic E-state index is 0.311. The molecule has 0 N–H and O–H groups in total. The van der Waals surface area contributed by atoms with Gasteiger partial charge in [-0.2, -0.15) is 0 Å². The molecule has 1 aromatic heterocycles. The van der Waals surface area contributed by atoms with Gasteiger partial charge in [0.1, 0.15) is 5.82 Å². The van der Waals surface area contributed by atoms with Gasteiger partial charge in [0.2, 0.25) is 5.91 Å². The van der Waals surface area contributed by atoms with Crippen LogP contribution in [0.3, 0.4) is 0 Å². The van der Waals surface area contributed by atoms with Crippen LogP contribution in [0, 0.1) is 12.8 Å². The summed E-state index contributed by atoms with van der Waals surface area (Å²) >= 11 is 0. The van der Waals surface area contributed by atoms with Crippen LogP contribution in [0.2, 0.25) is 0 Å². The number of aryl methyl sites for hydroxylation is 1. The highest BCUT2D eigenvalue weighted by atomic mass is 16.2. The predicted octanol–water partition coefficient (Wildman–Crippen LogP) is 3.43. The SMILES string of the molecule is Cc1cnc(-c2ccccc2)n1C1CCCN(C(=O)C2CC2)C1. The molecule has 1 saturated heterocycles. The first kappa shape index (κ1) is 14.5. The van der Waals surface area contributed by atoms with Gasteiger partial charge in [-0.1, -0.05) is 30.3 Å². The first-order chi connectivity index (χ1) is 11.2. The Labute approximate surface area is 137 Å². The molecule has 2 heterocycles. The number of carbonyl (C=O) groups is 1. The van der Waals surface area contributed by atoms with Gasteiger partial charge in [-0.05, 0) is 32.6 Å². The zero-order valence-electron chi connectivity index (χ0n) is 13.6. The van der Waals surface area contributed by atoms with E-state index in [1.807, 2.05) is 24.4 Å². The minimum absolute atomic E-state index is 0.311. The monoisotopic (exact) mass is 309 g/mol. The molecule has 0 bridgehead atoms. The summed E-state index contributed by atoms with van der Waals surface area (Å²) in [5.74, 6) is 1.70. The van der Waals surface area contributed by atoms with Crippen LogP contribution < -0.4 is 0 Å². The highest BCUT2D eigenvalue weighted by molar-refractivity contribution is 5.81. The predicted molar refractivity (Wildman–Crippen MR) is 90.0 cm³/mol. The van der Waals surface area contributed by atoms with E-state index in [9.17, 15) is 4.79 Å². The molecule has 120 valence electrons. The normalized spacial score (nSPS) is 21.4. The highest BCUT2D eigenvalue weighted by Crippen LogP contribution is 2.34. The van der Waals surface area contributed by atoms with Crippen molar-refractivity contribution in [2.24, 2.45) is 5.92 Å². The third kappa shape index (κ3) is 2.78. The van der Waals surface area contributed by atoms with E-state index in [0.717, 1.165) is 50.2 Å². The minimum Gasteiger partial charge on any atom is -0.340 e. The Kier molecular flexibility index (Phi) is 3.68. The number of likely N-dealkylation sites (tertiary alicyclic amines) is 1. The molecule has 2 fully saturated rings. The molecule has 0 spiro atoms. The molecular weight excluding hydrogens is 286 g/mol. The Morgan fingerprint density at radius 2 is 1.96 bits per heavy atom. The summed E-state index contributed by atoms with van der Waals surface area (Å²) in [4.78, 5) is 19.1. The highest BCUT2D eigenvalue weighted by Gasteiger charge is 2.36. The Hall–Kier alpha value is -2.10. The van der Waals surface area contributed by atoms with Gasteiger partial charge in [-0.25, -0.2) is 4.98 Å².